The van der Waals surface area contributed by atoms with Gasteiger partial charge in [0.2, 0.25) is 0 Å². The molecule has 0 heterocycles. The molecule has 3 heteroatoms. The van der Waals surface area contributed by atoms with Gasteiger partial charge in [-0.3, -0.25) is 0 Å². The number of hydrogen-bond donors (Lipinski definition) is 1. The van der Waals surface area contributed by atoms with Crippen LogP contribution in [0.25, 0.3) is 0 Å². The molecule has 0 aromatic rings. The molecule has 120 valence electrons. The summed E-state index contributed by atoms with van der Waals surface area (Å²) >= 11 is 0. The van der Waals surface area contributed by atoms with Gasteiger partial charge in [-0.25, -0.2) is 0 Å². The Bertz CT molecular complexity index is 292. The maximum Gasteiger partial charge on any atom is 0.192 e. The van der Waals surface area contributed by atoms with E-state index in [2.05, 4.69) is 54.3 Å². The molecular formula is C17H36O2Si. The standard InChI is InChI=1S/C17H36O2Si/c1-9-10-16(12-14(2)11-15(3)13-18)19-20(7,8)17(4,5)6/h15-16,18H,2,9-13H2,1,3-8H3/t15-,16-/m1/s1. The van der Waals surface area contributed by atoms with Crippen molar-refractivity contribution in [2.24, 2.45) is 5.92 Å². The molecule has 0 aromatic carbocycles. The van der Waals surface area contributed by atoms with E-state index in [-0.39, 0.29) is 11.6 Å². The highest BCUT2D eigenvalue weighted by Gasteiger charge is 2.38. The van der Waals surface area contributed by atoms with Gasteiger partial charge in [-0.1, -0.05) is 53.2 Å². The highest BCUT2D eigenvalue weighted by molar-refractivity contribution is 6.74. The van der Waals surface area contributed by atoms with E-state index in [9.17, 15) is 0 Å². The fourth-order valence-corrected chi connectivity index (χ4v) is 3.47. The van der Waals surface area contributed by atoms with Crippen LogP contribution < -0.4 is 0 Å². The number of rotatable bonds is 9. The Morgan fingerprint density at radius 2 is 1.80 bits per heavy atom. The van der Waals surface area contributed by atoms with Crippen LogP contribution in [0.4, 0.5) is 0 Å². The van der Waals surface area contributed by atoms with E-state index in [0.29, 0.717) is 12.0 Å². The third kappa shape index (κ3) is 7.05. The fourth-order valence-electron chi connectivity index (χ4n) is 2.08. The molecule has 0 aliphatic rings. The van der Waals surface area contributed by atoms with Crippen molar-refractivity contribution in [3.63, 3.8) is 0 Å². The van der Waals surface area contributed by atoms with E-state index in [1.54, 1.807) is 0 Å². The Hall–Kier alpha value is -0.123. The summed E-state index contributed by atoms with van der Waals surface area (Å²) in [5.74, 6) is 0.303. The molecule has 0 unspecified atom stereocenters. The van der Waals surface area contributed by atoms with Gasteiger partial charge in [0.15, 0.2) is 8.32 Å². The Kier molecular flexibility index (Phi) is 8.30. The van der Waals surface area contributed by atoms with Crippen LogP contribution >= 0.6 is 0 Å². The molecular weight excluding hydrogens is 264 g/mol. The quantitative estimate of drug-likeness (QED) is 0.472. The van der Waals surface area contributed by atoms with Gasteiger partial charge in [0, 0.05) is 12.7 Å². The van der Waals surface area contributed by atoms with Crippen LogP contribution in [0, 0.1) is 5.92 Å². The van der Waals surface area contributed by atoms with E-state index in [1.807, 2.05) is 0 Å². The lowest BCUT2D eigenvalue weighted by atomic mass is 9.97. The lowest BCUT2D eigenvalue weighted by Crippen LogP contribution is -2.44. The molecule has 2 nitrogen and oxygen atoms in total. The first-order valence-electron chi connectivity index (χ1n) is 7.98. The predicted octanol–water partition coefficient (Wildman–Crippen LogP) is 5.14. The van der Waals surface area contributed by atoms with E-state index < -0.39 is 8.32 Å². The third-order valence-corrected chi connectivity index (χ3v) is 8.88. The molecule has 0 aromatic heterocycles. The van der Waals surface area contributed by atoms with Gasteiger partial charge in [0.05, 0.1) is 0 Å². The van der Waals surface area contributed by atoms with Crippen LogP contribution in [0.3, 0.4) is 0 Å². The van der Waals surface area contributed by atoms with Crippen molar-refractivity contribution < 1.29 is 9.53 Å². The first-order valence-corrected chi connectivity index (χ1v) is 10.9. The highest BCUT2D eigenvalue weighted by Crippen LogP contribution is 2.38. The average Bonchev–Trinajstić information content (AvgIpc) is 2.26. The Morgan fingerprint density at radius 1 is 1.25 bits per heavy atom. The van der Waals surface area contributed by atoms with Crippen LogP contribution in [0.5, 0.6) is 0 Å². The molecule has 0 radical (unpaired) electrons. The largest absolute Gasteiger partial charge is 0.414 e. The predicted molar refractivity (Wildman–Crippen MR) is 91.6 cm³/mol. The summed E-state index contributed by atoms with van der Waals surface area (Å²) < 4.78 is 6.54. The molecule has 0 spiro atoms. The Balaban J connectivity index is 4.62. The zero-order valence-corrected chi connectivity index (χ0v) is 15.8. The van der Waals surface area contributed by atoms with Gasteiger partial charge < -0.3 is 9.53 Å². The SMILES string of the molecule is C=C(C[C@@H](C)CO)C[C@@H](CCC)O[Si](C)(C)C(C)(C)C. The van der Waals surface area contributed by atoms with Gasteiger partial charge in [-0.15, -0.1) is 0 Å². The van der Waals surface area contributed by atoms with Crippen LogP contribution in [-0.4, -0.2) is 26.1 Å². The average molecular weight is 301 g/mol. The molecule has 0 aliphatic carbocycles. The summed E-state index contributed by atoms with van der Waals surface area (Å²) in [6, 6.07) is 0. The molecule has 0 bridgehead atoms. The summed E-state index contributed by atoms with van der Waals surface area (Å²) in [6.45, 7) is 20.2. The first-order chi connectivity index (χ1) is 9.03. The number of hydrogen-bond acceptors (Lipinski definition) is 2. The molecule has 0 aliphatic heterocycles. The molecule has 0 fully saturated rings. The van der Waals surface area contributed by atoms with E-state index in [0.717, 1.165) is 25.7 Å². The van der Waals surface area contributed by atoms with Crippen LogP contribution in [0.1, 0.15) is 60.3 Å². The van der Waals surface area contributed by atoms with Gasteiger partial charge in [-0.05, 0) is 43.3 Å². The zero-order chi connectivity index (χ0) is 16.0. The molecule has 0 rings (SSSR count). The van der Waals surface area contributed by atoms with Crippen LogP contribution in [0.2, 0.25) is 18.1 Å². The highest BCUT2D eigenvalue weighted by atomic mass is 28.4. The molecule has 1 N–H and O–H groups in total. The summed E-state index contributed by atoms with van der Waals surface area (Å²) in [6.07, 6.45) is 4.36. The smallest absolute Gasteiger partial charge is 0.192 e. The maximum absolute atomic E-state index is 9.15. The first kappa shape index (κ1) is 19.9. The summed E-state index contributed by atoms with van der Waals surface area (Å²) in [5.41, 5.74) is 1.21. The fraction of sp³-hybridized carbons (Fsp3) is 0.882. The van der Waals surface area contributed by atoms with Gasteiger partial charge >= 0.3 is 0 Å². The van der Waals surface area contributed by atoms with Crippen molar-refractivity contribution in [2.45, 2.75) is 84.5 Å². The maximum atomic E-state index is 9.15. The zero-order valence-electron chi connectivity index (χ0n) is 14.8. The molecule has 2 atom stereocenters. The molecule has 0 saturated heterocycles. The van der Waals surface area contributed by atoms with Crippen molar-refractivity contribution >= 4 is 8.32 Å². The van der Waals surface area contributed by atoms with E-state index >= 15 is 0 Å². The molecule has 20 heavy (non-hydrogen) atoms. The monoisotopic (exact) mass is 300 g/mol. The minimum Gasteiger partial charge on any atom is -0.414 e. The molecule has 0 amide bonds. The minimum atomic E-state index is -1.71. The van der Waals surface area contributed by atoms with Gasteiger partial charge in [0.1, 0.15) is 0 Å². The number of aliphatic hydroxyl groups excluding tert-OH is 1. The van der Waals surface area contributed by atoms with E-state index in [4.69, 9.17) is 9.53 Å². The lowest BCUT2D eigenvalue weighted by Gasteiger charge is -2.39. The van der Waals surface area contributed by atoms with Crippen molar-refractivity contribution in [3.8, 4) is 0 Å². The Morgan fingerprint density at radius 3 is 2.20 bits per heavy atom. The van der Waals surface area contributed by atoms with E-state index in [1.165, 1.54) is 5.57 Å². The summed E-state index contributed by atoms with van der Waals surface area (Å²) in [5, 5.41) is 9.40. The number of aliphatic hydroxyl groups is 1. The van der Waals surface area contributed by atoms with Crippen molar-refractivity contribution in [2.75, 3.05) is 6.61 Å². The Labute approximate surface area is 127 Å². The van der Waals surface area contributed by atoms with Gasteiger partial charge in [-0.2, -0.15) is 0 Å². The van der Waals surface area contributed by atoms with Crippen molar-refractivity contribution in [1.82, 2.24) is 0 Å². The topological polar surface area (TPSA) is 29.5 Å². The summed E-state index contributed by atoms with van der Waals surface area (Å²) in [7, 11) is -1.71. The van der Waals surface area contributed by atoms with Crippen molar-refractivity contribution in [3.05, 3.63) is 12.2 Å². The van der Waals surface area contributed by atoms with Gasteiger partial charge in [0.25, 0.3) is 0 Å². The second-order valence-corrected chi connectivity index (χ2v) is 12.5. The second kappa shape index (κ2) is 8.35. The minimum absolute atomic E-state index is 0.237. The van der Waals surface area contributed by atoms with Crippen LogP contribution in [-0.2, 0) is 4.43 Å². The summed E-state index contributed by atoms with van der Waals surface area (Å²) in [4.78, 5) is 0. The lowest BCUT2D eigenvalue weighted by molar-refractivity contribution is 0.166. The van der Waals surface area contributed by atoms with Crippen LogP contribution in [0.15, 0.2) is 12.2 Å². The molecule has 0 saturated carbocycles. The third-order valence-electron chi connectivity index (χ3n) is 4.34. The second-order valence-electron chi connectivity index (χ2n) is 7.73. The van der Waals surface area contributed by atoms with Crippen molar-refractivity contribution in [1.29, 1.82) is 0 Å². The normalized spacial score (nSPS) is 16.0.